The van der Waals surface area contributed by atoms with Gasteiger partial charge in [0.2, 0.25) is 0 Å². The summed E-state index contributed by atoms with van der Waals surface area (Å²) in [7, 11) is 5.94. The molecular formula is C20H23N7O. The van der Waals surface area contributed by atoms with Gasteiger partial charge in [0.05, 0.1) is 23.4 Å². The lowest BCUT2D eigenvalue weighted by molar-refractivity contribution is 0.269. The Balaban J connectivity index is 1.75. The summed E-state index contributed by atoms with van der Waals surface area (Å²) in [4.78, 5) is 16.0. The Bertz CT molecular complexity index is 1070. The number of aryl methyl sites for hydroxylation is 2. The lowest BCUT2D eigenvalue weighted by Crippen LogP contribution is -2.26. The van der Waals surface area contributed by atoms with Crippen molar-refractivity contribution in [2.45, 2.75) is 13.0 Å². The molecule has 1 N–H and O–H groups in total. The molecule has 28 heavy (non-hydrogen) atoms. The van der Waals surface area contributed by atoms with E-state index in [2.05, 4.69) is 20.3 Å². The average molecular weight is 377 g/mol. The van der Waals surface area contributed by atoms with Crippen molar-refractivity contribution in [3.05, 3.63) is 54.2 Å². The predicted molar refractivity (Wildman–Crippen MR) is 108 cm³/mol. The number of aromatic nitrogens is 5. The van der Waals surface area contributed by atoms with Gasteiger partial charge in [-0.25, -0.2) is 9.97 Å². The second-order valence-electron chi connectivity index (χ2n) is 6.89. The summed E-state index contributed by atoms with van der Waals surface area (Å²) in [6.07, 6.45) is 3.43. The van der Waals surface area contributed by atoms with Gasteiger partial charge in [0, 0.05) is 19.8 Å². The van der Waals surface area contributed by atoms with Gasteiger partial charge < -0.3 is 9.73 Å². The Labute approximate surface area is 163 Å². The van der Waals surface area contributed by atoms with E-state index in [9.17, 15) is 0 Å². The zero-order valence-electron chi connectivity index (χ0n) is 16.4. The fourth-order valence-corrected chi connectivity index (χ4v) is 3.29. The molecule has 1 atom stereocenters. The number of pyridine rings is 1. The van der Waals surface area contributed by atoms with E-state index < -0.39 is 0 Å². The van der Waals surface area contributed by atoms with Crippen molar-refractivity contribution in [2.24, 2.45) is 7.05 Å². The Hall–Kier alpha value is -3.26. The highest BCUT2D eigenvalue weighted by molar-refractivity contribution is 5.90. The second kappa shape index (κ2) is 7.40. The van der Waals surface area contributed by atoms with E-state index >= 15 is 0 Å². The molecule has 4 rings (SSSR count). The highest BCUT2D eigenvalue weighted by Gasteiger charge is 2.20. The summed E-state index contributed by atoms with van der Waals surface area (Å²) in [5.74, 6) is 2.21. The number of hydrogen-bond acceptors (Lipinski definition) is 7. The van der Waals surface area contributed by atoms with Crippen LogP contribution in [0.4, 0.5) is 5.82 Å². The van der Waals surface area contributed by atoms with E-state index in [1.54, 1.807) is 17.1 Å². The first-order valence-corrected chi connectivity index (χ1v) is 9.11. The van der Waals surface area contributed by atoms with Crippen molar-refractivity contribution < 1.29 is 4.42 Å². The minimum Gasteiger partial charge on any atom is -0.468 e. The molecule has 0 aliphatic heterocycles. The number of likely N-dealkylation sites (N-methyl/N-ethyl adjacent to an activating group) is 1. The van der Waals surface area contributed by atoms with Crippen LogP contribution in [0.25, 0.3) is 22.6 Å². The van der Waals surface area contributed by atoms with E-state index in [1.807, 2.05) is 58.4 Å². The zero-order valence-corrected chi connectivity index (χ0v) is 16.4. The maximum absolute atomic E-state index is 5.61. The molecule has 0 radical (unpaired) electrons. The van der Waals surface area contributed by atoms with Crippen LogP contribution in [0, 0.1) is 6.92 Å². The third-order valence-electron chi connectivity index (χ3n) is 4.71. The number of furan rings is 1. The second-order valence-corrected chi connectivity index (χ2v) is 6.89. The highest BCUT2D eigenvalue weighted by Crippen LogP contribution is 2.28. The van der Waals surface area contributed by atoms with Crippen molar-refractivity contribution in [1.29, 1.82) is 0 Å². The van der Waals surface area contributed by atoms with Crippen LogP contribution in [0.1, 0.15) is 17.5 Å². The maximum Gasteiger partial charge on any atom is 0.182 e. The molecule has 0 saturated carbocycles. The molecule has 144 valence electrons. The molecule has 0 bridgehead atoms. The lowest BCUT2D eigenvalue weighted by atomic mass is 10.2. The van der Waals surface area contributed by atoms with E-state index in [4.69, 9.17) is 14.4 Å². The van der Waals surface area contributed by atoms with E-state index in [0.29, 0.717) is 12.4 Å². The molecule has 4 aromatic rings. The zero-order chi connectivity index (χ0) is 19.7. The molecule has 4 aromatic heterocycles. The molecular weight excluding hydrogens is 354 g/mol. The number of rotatable bonds is 6. The van der Waals surface area contributed by atoms with Gasteiger partial charge in [0.1, 0.15) is 17.3 Å². The van der Waals surface area contributed by atoms with Crippen LogP contribution in [-0.2, 0) is 7.05 Å². The van der Waals surface area contributed by atoms with Crippen molar-refractivity contribution in [3.8, 4) is 11.5 Å². The molecule has 0 amide bonds. The number of nitrogens with one attached hydrogen (secondary N) is 1. The molecule has 0 unspecified atom stereocenters. The van der Waals surface area contributed by atoms with Gasteiger partial charge in [-0.1, -0.05) is 6.07 Å². The van der Waals surface area contributed by atoms with Gasteiger partial charge in [-0.15, -0.1) is 0 Å². The Morgan fingerprint density at radius 2 is 2.04 bits per heavy atom. The Morgan fingerprint density at radius 3 is 2.71 bits per heavy atom. The molecule has 8 heteroatoms. The molecule has 0 spiro atoms. The number of anilines is 1. The summed E-state index contributed by atoms with van der Waals surface area (Å²) in [5.41, 5.74) is 2.38. The summed E-state index contributed by atoms with van der Waals surface area (Å²) >= 11 is 0. The molecule has 4 heterocycles. The van der Waals surface area contributed by atoms with Gasteiger partial charge in [-0.3, -0.25) is 14.6 Å². The summed E-state index contributed by atoms with van der Waals surface area (Å²) in [6.45, 7) is 2.59. The monoisotopic (exact) mass is 377 g/mol. The van der Waals surface area contributed by atoms with Crippen LogP contribution >= 0.6 is 0 Å². The molecule has 0 aliphatic carbocycles. The Morgan fingerprint density at radius 1 is 1.18 bits per heavy atom. The normalized spacial score (nSPS) is 12.6. The van der Waals surface area contributed by atoms with Crippen molar-refractivity contribution in [3.63, 3.8) is 0 Å². The van der Waals surface area contributed by atoms with Crippen LogP contribution in [-0.4, -0.2) is 50.3 Å². The fraction of sp³-hybridized carbons (Fsp3) is 0.300. The third kappa shape index (κ3) is 3.34. The fourth-order valence-electron chi connectivity index (χ4n) is 3.29. The van der Waals surface area contributed by atoms with Gasteiger partial charge in [-0.2, -0.15) is 5.10 Å². The van der Waals surface area contributed by atoms with Crippen LogP contribution < -0.4 is 5.32 Å². The summed E-state index contributed by atoms with van der Waals surface area (Å²) in [5, 5.41) is 8.93. The SMILES string of the molecule is Cc1nn(C)c2nc(-c3ccccn3)nc(NC[C@@H](c3ccco3)N(C)C)c12. The molecule has 0 aromatic carbocycles. The molecule has 0 saturated heterocycles. The van der Waals surface area contributed by atoms with Crippen LogP contribution in [0.5, 0.6) is 0 Å². The number of fused-ring (bicyclic) bond motifs is 1. The van der Waals surface area contributed by atoms with Gasteiger partial charge >= 0.3 is 0 Å². The first kappa shape index (κ1) is 18.1. The summed E-state index contributed by atoms with van der Waals surface area (Å²) in [6, 6.07) is 9.65. The quantitative estimate of drug-likeness (QED) is 0.553. The third-order valence-corrected chi connectivity index (χ3v) is 4.71. The molecule has 8 nitrogen and oxygen atoms in total. The lowest BCUT2D eigenvalue weighted by Gasteiger charge is -2.23. The standard InChI is InChI=1S/C20H23N7O/c1-13-17-19(22-12-15(26(2)3)16-9-7-11-28-16)23-18(14-8-5-6-10-21-14)24-20(17)27(4)25-13/h5-11,15H,12H2,1-4H3,(H,22,23,24)/t15-/m0/s1. The minimum absolute atomic E-state index is 0.0651. The summed E-state index contributed by atoms with van der Waals surface area (Å²) < 4.78 is 7.39. The largest absolute Gasteiger partial charge is 0.468 e. The highest BCUT2D eigenvalue weighted by atomic mass is 16.3. The number of hydrogen-bond donors (Lipinski definition) is 1. The topological polar surface area (TPSA) is 84.9 Å². The van der Waals surface area contributed by atoms with Gasteiger partial charge in [-0.05, 0) is 45.3 Å². The predicted octanol–water partition coefficient (Wildman–Crippen LogP) is 3.04. The van der Waals surface area contributed by atoms with Crippen LogP contribution in [0.15, 0.2) is 47.2 Å². The van der Waals surface area contributed by atoms with Crippen LogP contribution in [0.2, 0.25) is 0 Å². The van der Waals surface area contributed by atoms with Crippen LogP contribution in [0.3, 0.4) is 0 Å². The van der Waals surface area contributed by atoms with Gasteiger partial charge in [0.25, 0.3) is 0 Å². The molecule has 0 aliphatic rings. The van der Waals surface area contributed by atoms with Crippen molar-refractivity contribution in [2.75, 3.05) is 26.0 Å². The van der Waals surface area contributed by atoms with Gasteiger partial charge in [0.15, 0.2) is 11.5 Å². The van der Waals surface area contributed by atoms with E-state index in [1.165, 1.54) is 0 Å². The van der Waals surface area contributed by atoms with E-state index in [0.717, 1.165) is 34.0 Å². The first-order chi connectivity index (χ1) is 13.5. The van der Waals surface area contributed by atoms with E-state index in [-0.39, 0.29) is 6.04 Å². The van der Waals surface area contributed by atoms with Crippen molar-refractivity contribution >= 4 is 16.9 Å². The first-order valence-electron chi connectivity index (χ1n) is 9.11. The smallest absolute Gasteiger partial charge is 0.182 e. The minimum atomic E-state index is 0.0651. The molecule has 0 fully saturated rings. The van der Waals surface area contributed by atoms with Crippen molar-refractivity contribution in [1.82, 2.24) is 29.6 Å². The average Bonchev–Trinajstić information content (AvgIpc) is 3.31. The number of nitrogens with zero attached hydrogens (tertiary/aromatic N) is 6. The maximum atomic E-state index is 5.61. The Kier molecular flexibility index (Phi) is 4.79.